The van der Waals surface area contributed by atoms with Crippen LogP contribution in [0.1, 0.15) is 29.2 Å². The van der Waals surface area contributed by atoms with Crippen molar-refractivity contribution in [3.8, 4) is 5.75 Å². The van der Waals surface area contributed by atoms with Crippen molar-refractivity contribution in [1.82, 2.24) is 10.3 Å². The lowest BCUT2D eigenvalue weighted by Crippen LogP contribution is -2.37. The molecule has 0 unspecified atom stereocenters. The minimum Gasteiger partial charge on any atom is -0.483 e. The molecular weight excluding hydrogens is 288 g/mol. The predicted octanol–water partition coefficient (Wildman–Crippen LogP) is 3.13. The molecular formula is C19H24N2O2. The maximum absolute atomic E-state index is 12.1. The van der Waals surface area contributed by atoms with E-state index in [-0.39, 0.29) is 18.6 Å². The summed E-state index contributed by atoms with van der Waals surface area (Å²) in [6.07, 6.45) is 4.29. The van der Waals surface area contributed by atoms with Crippen molar-refractivity contribution in [3.63, 3.8) is 0 Å². The van der Waals surface area contributed by atoms with E-state index in [9.17, 15) is 4.79 Å². The minimum absolute atomic E-state index is 0.0336. The number of hydrogen-bond donors (Lipinski definition) is 1. The van der Waals surface area contributed by atoms with Crippen molar-refractivity contribution in [2.75, 3.05) is 6.61 Å². The zero-order valence-electron chi connectivity index (χ0n) is 14.2. The molecule has 1 atom stereocenters. The number of nitrogens with zero attached hydrogens (tertiary/aromatic N) is 1. The average molecular weight is 312 g/mol. The van der Waals surface area contributed by atoms with Gasteiger partial charge in [0.25, 0.3) is 5.91 Å². The number of hydrogen-bond acceptors (Lipinski definition) is 3. The molecule has 0 aliphatic rings. The van der Waals surface area contributed by atoms with Gasteiger partial charge >= 0.3 is 0 Å². The van der Waals surface area contributed by atoms with Crippen LogP contribution in [0.2, 0.25) is 0 Å². The second kappa shape index (κ2) is 7.77. The Morgan fingerprint density at radius 2 is 1.78 bits per heavy atom. The maximum Gasteiger partial charge on any atom is 0.258 e. The summed E-state index contributed by atoms with van der Waals surface area (Å²) in [6, 6.07) is 8.04. The van der Waals surface area contributed by atoms with Crippen LogP contribution in [0.3, 0.4) is 0 Å². The number of carbonyl (C=O) groups is 1. The molecule has 0 radical (unpaired) electrons. The maximum atomic E-state index is 12.1. The minimum atomic E-state index is -0.105. The first kappa shape index (κ1) is 17.0. The predicted molar refractivity (Wildman–Crippen MR) is 91.7 cm³/mol. The average Bonchev–Trinajstić information content (AvgIpc) is 2.52. The third-order valence-electron chi connectivity index (χ3n) is 3.92. The fourth-order valence-corrected chi connectivity index (χ4v) is 2.53. The zero-order chi connectivity index (χ0) is 16.8. The third kappa shape index (κ3) is 4.81. The van der Waals surface area contributed by atoms with E-state index in [1.807, 2.05) is 45.9 Å². The van der Waals surface area contributed by atoms with Gasteiger partial charge in [0.15, 0.2) is 6.61 Å². The first-order valence-electron chi connectivity index (χ1n) is 7.85. The number of carbonyl (C=O) groups excluding carboxylic acids is 1. The van der Waals surface area contributed by atoms with Crippen LogP contribution in [-0.4, -0.2) is 23.5 Å². The summed E-state index contributed by atoms with van der Waals surface area (Å²) in [6.45, 7) is 8.07. The number of aromatic nitrogens is 1. The normalized spacial score (nSPS) is 11.8. The number of pyridine rings is 1. The Kier molecular flexibility index (Phi) is 5.74. The highest BCUT2D eigenvalue weighted by Crippen LogP contribution is 2.25. The molecule has 4 heteroatoms. The summed E-state index contributed by atoms with van der Waals surface area (Å²) in [5, 5.41) is 2.97. The summed E-state index contributed by atoms with van der Waals surface area (Å²) in [4.78, 5) is 16.1. The van der Waals surface area contributed by atoms with Gasteiger partial charge in [0, 0.05) is 18.4 Å². The molecule has 2 aromatic rings. The van der Waals surface area contributed by atoms with Crippen LogP contribution in [0.4, 0.5) is 0 Å². The summed E-state index contributed by atoms with van der Waals surface area (Å²) in [5.41, 5.74) is 4.45. The molecule has 0 aliphatic heterocycles. The molecule has 0 saturated carbocycles. The van der Waals surface area contributed by atoms with Crippen molar-refractivity contribution in [2.24, 2.45) is 0 Å². The Hall–Kier alpha value is -2.36. The van der Waals surface area contributed by atoms with Crippen molar-refractivity contribution in [3.05, 3.63) is 58.9 Å². The first-order chi connectivity index (χ1) is 11.0. The smallest absolute Gasteiger partial charge is 0.258 e. The number of amides is 1. The number of aryl methyl sites for hydroxylation is 2. The van der Waals surface area contributed by atoms with E-state index >= 15 is 0 Å². The van der Waals surface area contributed by atoms with Gasteiger partial charge in [0.2, 0.25) is 0 Å². The van der Waals surface area contributed by atoms with E-state index in [1.165, 1.54) is 0 Å². The second-order valence-electron chi connectivity index (χ2n) is 5.97. The molecule has 23 heavy (non-hydrogen) atoms. The molecule has 1 aromatic heterocycles. The van der Waals surface area contributed by atoms with Gasteiger partial charge in [0.05, 0.1) is 0 Å². The lowest BCUT2D eigenvalue weighted by molar-refractivity contribution is -0.123. The lowest BCUT2D eigenvalue weighted by atomic mass is 10.1. The Balaban J connectivity index is 1.87. The highest BCUT2D eigenvalue weighted by molar-refractivity contribution is 5.78. The highest BCUT2D eigenvalue weighted by atomic mass is 16.5. The van der Waals surface area contributed by atoms with Crippen LogP contribution in [0.25, 0.3) is 0 Å². The Bertz CT molecular complexity index is 669. The van der Waals surface area contributed by atoms with Gasteiger partial charge in [-0.25, -0.2) is 0 Å². The van der Waals surface area contributed by atoms with Crippen molar-refractivity contribution in [2.45, 2.75) is 40.2 Å². The van der Waals surface area contributed by atoms with E-state index in [0.29, 0.717) is 0 Å². The summed E-state index contributed by atoms with van der Waals surface area (Å²) < 4.78 is 5.74. The molecule has 0 saturated heterocycles. The number of nitrogens with one attached hydrogen (secondary N) is 1. The molecule has 122 valence electrons. The van der Waals surface area contributed by atoms with Gasteiger partial charge in [-0.05, 0) is 68.5 Å². The number of rotatable bonds is 6. The van der Waals surface area contributed by atoms with E-state index < -0.39 is 0 Å². The molecule has 2 rings (SSSR count). The summed E-state index contributed by atoms with van der Waals surface area (Å²) in [5.74, 6) is 0.703. The fraction of sp³-hybridized carbons (Fsp3) is 0.368. The molecule has 4 nitrogen and oxygen atoms in total. The molecule has 1 heterocycles. The molecule has 1 amide bonds. The largest absolute Gasteiger partial charge is 0.483 e. The number of ether oxygens (including phenoxy) is 1. The zero-order valence-corrected chi connectivity index (χ0v) is 14.2. The second-order valence-corrected chi connectivity index (χ2v) is 5.97. The molecule has 0 spiro atoms. The van der Waals surface area contributed by atoms with Gasteiger partial charge in [-0.1, -0.05) is 12.1 Å². The summed E-state index contributed by atoms with van der Waals surface area (Å²) >= 11 is 0. The van der Waals surface area contributed by atoms with Gasteiger partial charge in [-0.15, -0.1) is 0 Å². The molecule has 1 N–H and O–H groups in total. The summed E-state index contributed by atoms with van der Waals surface area (Å²) in [7, 11) is 0. The van der Waals surface area contributed by atoms with Crippen LogP contribution in [0.5, 0.6) is 5.75 Å². The Morgan fingerprint density at radius 1 is 1.13 bits per heavy atom. The van der Waals surface area contributed by atoms with Crippen LogP contribution in [-0.2, 0) is 11.2 Å². The van der Waals surface area contributed by atoms with Crippen molar-refractivity contribution in [1.29, 1.82) is 0 Å². The molecule has 0 bridgehead atoms. The standard InChI is InChI=1S/C19H24N2O2/c1-13-5-6-14(2)19(16(13)4)23-12-18(22)21-15(3)11-17-7-9-20-10-8-17/h5-10,15H,11-12H2,1-4H3,(H,21,22)/t15-/m0/s1. The van der Waals surface area contributed by atoms with Gasteiger partial charge in [-0.3, -0.25) is 9.78 Å². The van der Waals surface area contributed by atoms with Crippen molar-refractivity contribution < 1.29 is 9.53 Å². The monoisotopic (exact) mass is 312 g/mol. The van der Waals surface area contributed by atoms with Crippen LogP contribution >= 0.6 is 0 Å². The fourth-order valence-electron chi connectivity index (χ4n) is 2.53. The van der Waals surface area contributed by atoms with E-state index in [0.717, 1.165) is 34.4 Å². The quantitative estimate of drug-likeness (QED) is 0.891. The van der Waals surface area contributed by atoms with Crippen LogP contribution in [0.15, 0.2) is 36.7 Å². The van der Waals surface area contributed by atoms with Gasteiger partial charge in [0.1, 0.15) is 5.75 Å². The Labute approximate surface area is 137 Å². The van der Waals surface area contributed by atoms with Gasteiger partial charge < -0.3 is 10.1 Å². The lowest BCUT2D eigenvalue weighted by Gasteiger charge is -2.16. The molecule has 1 aromatic carbocycles. The topological polar surface area (TPSA) is 51.2 Å². The number of benzene rings is 1. The van der Waals surface area contributed by atoms with Gasteiger partial charge in [-0.2, -0.15) is 0 Å². The molecule has 0 aliphatic carbocycles. The van der Waals surface area contributed by atoms with E-state index in [4.69, 9.17) is 4.74 Å². The first-order valence-corrected chi connectivity index (χ1v) is 7.85. The third-order valence-corrected chi connectivity index (χ3v) is 3.92. The van der Waals surface area contributed by atoms with E-state index in [1.54, 1.807) is 12.4 Å². The highest BCUT2D eigenvalue weighted by Gasteiger charge is 2.11. The van der Waals surface area contributed by atoms with Crippen molar-refractivity contribution >= 4 is 5.91 Å². The molecule has 0 fully saturated rings. The van der Waals surface area contributed by atoms with Crippen LogP contribution < -0.4 is 10.1 Å². The SMILES string of the molecule is Cc1ccc(C)c(OCC(=O)N[C@@H](C)Cc2ccncc2)c1C. The Morgan fingerprint density at radius 3 is 2.48 bits per heavy atom. The van der Waals surface area contributed by atoms with E-state index in [2.05, 4.69) is 16.4 Å². The van der Waals surface area contributed by atoms with Crippen LogP contribution in [0, 0.1) is 20.8 Å².